The van der Waals surface area contributed by atoms with Gasteiger partial charge in [0.15, 0.2) is 11.6 Å². The second kappa shape index (κ2) is 12.4. The lowest BCUT2D eigenvalue weighted by atomic mass is 9.71. The van der Waals surface area contributed by atoms with Gasteiger partial charge in [-0.15, -0.1) is 0 Å². The number of halogens is 2. The van der Waals surface area contributed by atoms with Crippen LogP contribution in [0.2, 0.25) is 0 Å². The molecule has 42 heavy (non-hydrogen) atoms. The summed E-state index contributed by atoms with van der Waals surface area (Å²) in [5.74, 6) is 0.321. The van der Waals surface area contributed by atoms with Crippen molar-refractivity contribution >= 4 is 29.3 Å². The Morgan fingerprint density at radius 1 is 1.10 bits per heavy atom. The molecule has 0 atom stereocenters. The molecular formula is C32H40F2N8. The van der Waals surface area contributed by atoms with Gasteiger partial charge in [0, 0.05) is 31.3 Å². The highest BCUT2D eigenvalue weighted by Gasteiger charge is 2.37. The summed E-state index contributed by atoms with van der Waals surface area (Å²) in [6, 6.07) is 7.04. The maximum Gasteiger partial charge on any atom is 0.167 e. The number of imidazole rings is 1. The Labute approximate surface area is 246 Å². The third-order valence-corrected chi connectivity index (χ3v) is 9.38. The molecule has 0 radical (unpaired) electrons. The third-order valence-electron chi connectivity index (χ3n) is 9.38. The van der Waals surface area contributed by atoms with Gasteiger partial charge in [0.05, 0.1) is 11.7 Å². The molecule has 10 heteroatoms. The fourth-order valence-electron chi connectivity index (χ4n) is 6.76. The molecule has 222 valence electrons. The maximum absolute atomic E-state index is 15.0. The van der Waals surface area contributed by atoms with Crippen molar-refractivity contribution in [2.75, 3.05) is 44.7 Å². The van der Waals surface area contributed by atoms with Crippen LogP contribution in [0, 0.1) is 11.2 Å². The van der Waals surface area contributed by atoms with E-state index in [1.54, 1.807) is 6.07 Å². The minimum absolute atomic E-state index is 0.00380. The van der Waals surface area contributed by atoms with Crippen molar-refractivity contribution in [3.63, 3.8) is 0 Å². The number of aromatic nitrogens is 3. The molecule has 2 saturated heterocycles. The summed E-state index contributed by atoms with van der Waals surface area (Å²) < 4.78 is 32.0. The van der Waals surface area contributed by atoms with Gasteiger partial charge in [0.25, 0.3) is 0 Å². The largest absolute Gasteiger partial charge is 0.351 e. The van der Waals surface area contributed by atoms with E-state index >= 15 is 4.39 Å². The lowest BCUT2D eigenvalue weighted by molar-refractivity contribution is 0.0340. The number of hydrogen-bond donors (Lipinski definition) is 1. The Morgan fingerprint density at radius 3 is 2.55 bits per heavy atom. The van der Waals surface area contributed by atoms with Crippen LogP contribution in [0.1, 0.15) is 56.0 Å². The Balaban J connectivity index is 1.08. The SMILES string of the molecule is C=N/C=C(/F)C(=NCNc1ccc(CN2CCC3(CCN(CC)CC3)CC2)cn1)c1cc(F)c2nc3n(c2c1)CCC3. The molecular weight excluding hydrogens is 534 g/mol. The van der Waals surface area contributed by atoms with Crippen LogP contribution in [0.15, 0.2) is 52.5 Å². The van der Waals surface area contributed by atoms with Gasteiger partial charge >= 0.3 is 0 Å². The molecule has 0 saturated carbocycles. The summed E-state index contributed by atoms with van der Waals surface area (Å²) in [5, 5.41) is 3.14. The van der Waals surface area contributed by atoms with Gasteiger partial charge in [-0.1, -0.05) is 13.0 Å². The number of nitrogens with one attached hydrogen (secondary N) is 1. The number of aliphatic imine (C=N–C) groups is 2. The van der Waals surface area contributed by atoms with Crippen LogP contribution in [-0.2, 0) is 19.5 Å². The zero-order valence-electron chi connectivity index (χ0n) is 24.5. The van der Waals surface area contributed by atoms with Crippen molar-refractivity contribution < 1.29 is 8.78 Å². The lowest BCUT2D eigenvalue weighted by Crippen LogP contribution is -2.46. The number of aryl methyl sites for hydroxylation is 2. The van der Waals surface area contributed by atoms with Crippen LogP contribution in [-0.4, -0.2) is 76.2 Å². The van der Waals surface area contributed by atoms with Crippen LogP contribution in [0.4, 0.5) is 14.6 Å². The second-order valence-electron chi connectivity index (χ2n) is 11.9. The molecule has 5 heterocycles. The number of hydrogen-bond acceptors (Lipinski definition) is 7. The van der Waals surface area contributed by atoms with Gasteiger partial charge in [-0.05, 0) is 101 Å². The van der Waals surface area contributed by atoms with Gasteiger partial charge < -0.3 is 14.8 Å². The lowest BCUT2D eigenvalue weighted by Gasteiger charge is -2.46. The summed E-state index contributed by atoms with van der Waals surface area (Å²) in [6.45, 7) is 13.3. The minimum Gasteiger partial charge on any atom is -0.351 e. The number of rotatable bonds is 9. The van der Waals surface area contributed by atoms with Crippen molar-refractivity contribution in [1.82, 2.24) is 24.3 Å². The first kappa shape index (κ1) is 28.6. The second-order valence-corrected chi connectivity index (χ2v) is 11.9. The number of piperidine rings is 2. The Hall–Kier alpha value is -3.50. The van der Waals surface area contributed by atoms with Crippen LogP contribution >= 0.6 is 0 Å². The van der Waals surface area contributed by atoms with E-state index < -0.39 is 11.6 Å². The number of anilines is 1. The zero-order valence-corrected chi connectivity index (χ0v) is 24.5. The standard InChI is InChI=1S/C32H40F2N8/c1-3-40-13-8-32(9-14-40)10-15-41(16-11-32)21-23-6-7-28(36-19-23)37-22-38-30(26(34)20-35-2)24-17-25(33)31-27(18-24)42-12-4-5-29(42)39-31/h6-7,17-20H,2-5,8-16,21-22H2,1H3,(H,36,37)/b26-20+,38-30?. The van der Waals surface area contributed by atoms with Crippen molar-refractivity contribution in [2.24, 2.45) is 15.4 Å². The Morgan fingerprint density at radius 2 is 1.86 bits per heavy atom. The number of pyridine rings is 1. The molecule has 0 unspecified atom stereocenters. The van der Waals surface area contributed by atoms with Crippen LogP contribution in [0.5, 0.6) is 0 Å². The number of allylic oxidation sites excluding steroid dienone is 1. The molecule has 0 bridgehead atoms. The molecule has 1 aromatic carbocycles. The molecule has 0 aliphatic carbocycles. The molecule has 1 spiro atoms. The Kier molecular flexibility index (Phi) is 8.44. The topological polar surface area (TPSA) is 73.9 Å². The van der Waals surface area contributed by atoms with E-state index in [-0.39, 0.29) is 12.4 Å². The van der Waals surface area contributed by atoms with Gasteiger partial charge in [-0.25, -0.2) is 18.7 Å². The van der Waals surface area contributed by atoms with E-state index in [2.05, 4.69) is 54.8 Å². The molecule has 2 aromatic heterocycles. The average molecular weight is 575 g/mol. The van der Waals surface area contributed by atoms with E-state index in [1.165, 1.54) is 50.4 Å². The predicted octanol–water partition coefficient (Wildman–Crippen LogP) is 5.58. The predicted molar refractivity (Wildman–Crippen MR) is 164 cm³/mol. The van der Waals surface area contributed by atoms with Gasteiger partial charge in [-0.2, -0.15) is 0 Å². The summed E-state index contributed by atoms with van der Waals surface area (Å²) in [6.07, 6.45) is 9.89. The third kappa shape index (κ3) is 6.01. The highest BCUT2D eigenvalue weighted by Crippen LogP contribution is 2.41. The van der Waals surface area contributed by atoms with Crippen molar-refractivity contribution in [1.29, 1.82) is 0 Å². The molecule has 3 aromatic rings. The molecule has 3 aliphatic heterocycles. The molecule has 8 nitrogen and oxygen atoms in total. The number of benzene rings is 1. The van der Waals surface area contributed by atoms with Gasteiger partial charge in [-0.3, -0.25) is 14.9 Å². The quantitative estimate of drug-likeness (QED) is 0.338. The minimum atomic E-state index is -0.686. The summed E-state index contributed by atoms with van der Waals surface area (Å²) in [5.41, 5.74) is 3.01. The first-order valence-electron chi connectivity index (χ1n) is 15.2. The summed E-state index contributed by atoms with van der Waals surface area (Å²) in [4.78, 5) is 22.1. The smallest absolute Gasteiger partial charge is 0.167 e. The fraction of sp³-hybridized carbons (Fsp3) is 0.500. The van der Waals surface area contributed by atoms with E-state index in [9.17, 15) is 4.39 Å². The highest BCUT2D eigenvalue weighted by molar-refractivity contribution is 6.12. The molecule has 6 rings (SSSR count). The monoisotopic (exact) mass is 574 g/mol. The normalized spacial score (nSPS) is 19.9. The van der Waals surface area contributed by atoms with Gasteiger partial charge in [0.2, 0.25) is 0 Å². The summed E-state index contributed by atoms with van der Waals surface area (Å²) >= 11 is 0. The molecule has 2 fully saturated rings. The first-order chi connectivity index (χ1) is 20.5. The first-order valence-corrected chi connectivity index (χ1v) is 15.2. The van der Waals surface area contributed by atoms with Crippen molar-refractivity contribution in [3.8, 4) is 0 Å². The van der Waals surface area contributed by atoms with Crippen LogP contribution in [0.3, 0.4) is 0 Å². The number of fused-ring (bicyclic) bond motifs is 3. The van der Waals surface area contributed by atoms with Crippen LogP contribution in [0.25, 0.3) is 11.0 Å². The van der Waals surface area contributed by atoms with Crippen LogP contribution < -0.4 is 5.32 Å². The molecule has 3 aliphatic rings. The van der Waals surface area contributed by atoms with E-state index in [1.807, 2.05) is 16.8 Å². The number of nitrogens with zero attached hydrogens (tertiary/aromatic N) is 7. The molecule has 0 amide bonds. The number of likely N-dealkylation sites (tertiary alicyclic amines) is 2. The zero-order chi connectivity index (χ0) is 29.1. The van der Waals surface area contributed by atoms with Crippen molar-refractivity contribution in [2.45, 2.75) is 58.5 Å². The Bertz CT molecular complexity index is 1470. The molecule has 1 N–H and O–H groups in total. The van der Waals surface area contributed by atoms with E-state index in [0.717, 1.165) is 57.6 Å². The maximum atomic E-state index is 15.0. The average Bonchev–Trinajstić information content (AvgIpc) is 3.61. The summed E-state index contributed by atoms with van der Waals surface area (Å²) in [7, 11) is 0. The fourth-order valence-corrected chi connectivity index (χ4v) is 6.76. The van der Waals surface area contributed by atoms with Gasteiger partial charge in [0.1, 0.15) is 29.5 Å². The van der Waals surface area contributed by atoms with E-state index in [4.69, 9.17) is 0 Å². The highest BCUT2D eigenvalue weighted by atomic mass is 19.1. The van der Waals surface area contributed by atoms with Crippen molar-refractivity contribution in [3.05, 3.63) is 65.3 Å². The van der Waals surface area contributed by atoms with E-state index in [0.29, 0.717) is 27.8 Å².